The third-order valence-electron chi connectivity index (χ3n) is 12.8. The fraction of sp³-hybridized carbons (Fsp3) is 0.491. The lowest BCUT2D eigenvalue weighted by atomic mass is 9.85. The van der Waals surface area contributed by atoms with E-state index in [-0.39, 0.29) is 83.1 Å². The first-order valence-electron chi connectivity index (χ1n) is 25.8. The van der Waals surface area contributed by atoms with Gasteiger partial charge in [-0.05, 0) is 73.6 Å². The molecule has 1 saturated heterocycles. The maximum atomic E-state index is 14.0. The lowest BCUT2D eigenvalue weighted by Gasteiger charge is -2.35. The van der Waals surface area contributed by atoms with E-state index in [4.69, 9.17) is 28.4 Å². The number of ether oxygens (including phenoxy) is 6. The predicted octanol–water partition coefficient (Wildman–Crippen LogP) is 5.82. The second kappa shape index (κ2) is 28.4. The molecule has 4 atom stereocenters. The molecule has 416 valence electrons. The van der Waals surface area contributed by atoms with E-state index < -0.39 is 53.1 Å². The minimum atomic E-state index is -1.00. The van der Waals surface area contributed by atoms with Crippen molar-refractivity contribution in [1.82, 2.24) is 40.8 Å². The van der Waals surface area contributed by atoms with Crippen molar-refractivity contribution in [3.8, 4) is 33.4 Å². The molecule has 3 aromatic carbocycles. The molecule has 22 heteroatoms. The molecule has 1 fully saturated rings. The monoisotopic (exact) mass is 1080 g/mol. The number of aromatic nitrogens is 4. The minimum absolute atomic E-state index is 0.0419. The number of β-amino-alcohol motifs (C(OH)–C–C–N with tert-alkyl or cyclic N) is 1. The first-order valence-corrected chi connectivity index (χ1v) is 26.7. The SMILES string of the molecule is CCC[C@H](CC)Oc1ccc(C(=O)NCCOCCOCCOCC(=O)N[C@H](C(=O)N2C[C@H](O)C[C@H]2C(=O)NCc2ccc(-c3scnc3C)cc2)C(C)(C)C)cc1NC(=O)c1nnn(-c2cc(OC)ccc2OC)c1C. The van der Waals surface area contributed by atoms with Gasteiger partial charge in [0, 0.05) is 37.7 Å². The number of methoxy groups -OCH3 is 2. The molecule has 3 heterocycles. The standard InChI is InChI=1S/C55H73N9O12S/c1-10-12-40(11-2)76-45-19-17-38(27-42(45)59-53(69)48-35(4)64(62-61-48)43-29-41(71-8)18-20-46(43)72-9)51(67)56-21-22-73-23-24-74-25-26-75-32-47(66)60-50(55(5,6)7)54(70)63-31-39(65)28-44(63)52(68)57-30-36-13-15-37(16-14-36)49-34(3)58-33-77-49/h13-20,27,29,33,39-40,44,50,65H,10-12,21-26,28,30-32H2,1-9H3,(H,56,67)(H,57,68)(H,59,69)(H,60,66)/t39-,40+,44+,50-/m1/s1. The molecule has 0 aliphatic carbocycles. The molecule has 5 aromatic rings. The van der Waals surface area contributed by atoms with Crippen LogP contribution in [-0.2, 0) is 35.1 Å². The Hall–Kier alpha value is -6.98. The maximum absolute atomic E-state index is 14.0. The third kappa shape index (κ3) is 16.3. The Morgan fingerprint density at radius 2 is 1.57 bits per heavy atom. The Bertz CT molecular complexity index is 2780. The largest absolute Gasteiger partial charge is 0.497 e. The first-order chi connectivity index (χ1) is 36.9. The average molecular weight is 1080 g/mol. The Morgan fingerprint density at radius 3 is 2.23 bits per heavy atom. The van der Waals surface area contributed by atoms with Gasteiger partial charge in [0.2, 0.25) is 17.7 Å². The lowest BCUT2D eigenvalue weighted by Crippen LogP contribution is -2.58. The van der Waals surface area contributed by atoms with Crippen LogP contribution in [0.15, 0.2) is 66.2 Å². The predicted molar refractivity (Wildman–Crippen MR) is 290 cm³/mol. The van der Waals surface area contributed by atoms with Gasteiger partial charge in [0.15, 0.2) is 5.69 Å². The second-order valence-electron chi connectivity index (χ2n) is 19.6. The fourth-order valence-electron chi connectivity index (χ4n) is 8.56. The summed E-state index contributed by atoms with van der Waals surface area (Å²) >= 11 is 1.56. The van der Waals surface area contributed by atoms with E-state index in [1.54, 1.807) is 67.3 Å². The van der Waals surface area contributed by atoms with Gasteiger partial charge in [-0.25, -0.2) is 9.67 Å². The number of anilines is 1. The number of carbonyl (C=O) groups is 5. The third-order valence-corrected chi connectivity index (χ3v) is 13.8. The second-order valence-corrected chi connectivity index (χ2v) is 20.4. The van der Waals surface area contributed by atoms with Crippen LogP contribution in [0.3, 0.4) is 0 Å². The van der Waals surface area contributed by atoms with Crippen LogP contribution in [0.25, 0.3) is 16.1 Å². The molecule has 1 aliphatic heterocycles. The quantitative estimate of drug-likeness (QED) is 0.0370. The van der Waals surface area contributed by atoms with E-state index in [2.05, 4.69) is 43.5 Å². The Morgan fingerprint density at radius 1 is 0.857 bits per heavy atom. The highest BCUT2D eigenvalue weighted by atomic mass is 32.1. The number of rotatable bonds is 28. The Labute approximate surface area is 453 Å². The van der Waals surface area contributed by atoms with Crippen LogP contribution in [0, 0.1) is 19.3 Å². The molecule has 6 rings (SSSR count). The summed E-state index contributed by atoms with van der Waals surface area (Å²) < 4.78 is 35.5. The summed E-state index contributed by atoms with van der Waals surface area (Å²) in [6, 6.07) is 16.0. The van der Waals surface area contributed by atoms with Gasteiger partial charge < -0.3 is 59.7 Å². The number of benzene rings is 3. The molecule has 0 bridgehead atoms. The summed E-state index contributed by atoms with van der Waals surface area (Å²) in [6.45, 7) is 14.1. The van der Waals surface area contributed by atoms with E-state index in [0.717, 1.165) is 41.0 Å². The molecule has 21 nitrogen and oxygen atoms in total. The fourth-order valence-corrected chi connectivity index (χ4v) is 9.37. The number of nitrogens with zero attached hydrogens (tertiary/aromatic N) is 5. The first kappa shape index (κ1) is 59.3. The van der Waals surface area contributed by atoms with Gasteiger partial charge >= 0.3 is 0 Å². The van der Waals surface area contributed by atoms with Crippen molar-refractivity contribution in [3.05, 3.63) is 94.4 Å². The summed E-state index contributed by atoms with van der Waals surface area (Å²) in [5.74, 6) is -0.853. The van der Waals surface area contributed by atoms with E-state index in [9.17, 15) is 29.1 Å². The molecular weight excluding hydrogens is 1010 g/mol. The van der Waals surface area contributed by atoms with Crippen LogP contribution in [0.2, 0.25) is 0 Å². The molecule has 0 radical (unpaired) electrons. The maximum Gasteiger partial charge on any atom is 0.278 e. The summed E-state index contributed by atoms with van der Waals surface area (Å²) in [5.41, 5.74) is 5.55. The Kier molecular flexibility index (Phi) is 21.9. The van der Waals surface area contributed by atoms with E-state index in [1.165, 1.54) is 16.7 Å². The summed E-state index contributed by atoms with van der Waals surface area (Å²) in [7, 11) is 3.08. The molecule has 0 saturated carbocycles. The van der Waals surface area contributed by atoms with Crippen LogP contribution in [0.4, 0.5) is 5.69 Å². The number of hydrogen-bond acceptors (Lipinski definition) is 16. The molecule has 5 N–H and O–H groups in total. The van der Waals surface area contributed by atoms with Crippen molar-refractivity contribution in [3.63, 3.8) is 0 Å². The van der Waals surface area contributed by atoms with Crippen molar-refractivity contribution < 1.29 is 57.5 Å². The van der Waals surface area contributed by atoms with Crippen LogP contribution in [-0.4, -0.2) is 151 Å². The highest BCUT2D eigenvalue weighted by molar-refractivity contribution is 7.13. The van der Waals surface area contributed by atoms with Crippen molar-refractivity contribution >= 4 is 46.6 Å². The normalized spacial score (nSPS) is 15.1. The van der Waals surface area contributed by atoms with Crippen LogP contribution >= 0.6 is 11.3 Å². The number of aryl methyl sites for hydroxylation is 1. The minimum Gasteiger partial charge on any atom is -0.497 e. The van der Waals surface area contributed by atoms with Gasteiger partial charge in [0.05, 0.1) is 86.9 Å². The number of aliphatic hydroxyl groups excluding tert-OH is 1. The zero-order valence-electron chi connectivity index (χ0n) is 45.4. The topological polar surface area (TPSA) is 256 Å². The number of likely N-dealkylation sites (tertiary alicyclic amines) is 1. The number of carbonyl (C=O) groups excluding carboxylic acids is 5. The average Bonchev–Trinajstić information content (AvgIpc) is 4.16. The van der Waals surface area contributed by atoms with E-state index >= 15 is 0 Å². The molecule has 5 amide bonds. The van der Waals surface area contributed by atoms with Crippen molar-refractivity contribution in [2.24, 2.45) is 5.41 Å². The van der Waals surface area contributed by atoms with Crippen molar-refractivity contribution in [2.45, 2.75) is 105 Å². The molecule has 2 aromatic heterocycles. The highest BCUT2D eigenvalue weighted by Gasteiger charge is 2.44. The summed E-state index contributed by atoms with van der Waals surface area (Å²) in [4.78, 5) is 74.4. The van der Waals surface area contributed by atoms with Crippen molar-refractivity contribution in [2.75, 3.05) is 72.3 Å². The smallest absolute Gasteiger partial charge is 0.278 e. The van der Waals surface area contributed by atoms with Gasteiger partial charge in [-0.3, -0.25) is 24.0 Å². The molecule has 0 unspecified atom stereocenters. The molecular formula is C55H73N9O12S. The molecule has 0 spiro atoms. The van der Waals surface area contributed by atoms with Crippen LogP contribution < -0.4 is 35.5 Å². The van der Waals surface area contributed by atoms with Gasteiger partial charge in [0.25, 0.3) is 11.8 Å². The van der Waals surface area contributed by atoms with E-state index in [0.29, 0.717) is 34.3 Å². The van der Waals surface area contributed by atoms with Gasteiger partial charge in [-0.1, -0.05) is 70.5 Å². The number of thiazole rings is 1. The zero-order valence-corrected chi connectivity index (χ0v) is 46.3. The van der Waals surface area contributed by atoms with Crippen molar-refractivity contribution in [1.29, 1.82) is 0 Å². The molecule has 1 aliphatic rings. The number of aliphatic hydroxyl groups is 1. The number of amides is 5. The van der Waals surface area contributed by atoms with Gasteiger partial charge in [0.1, 0.15) is 41.6 Å². The van der Waals surface area contributed by atoms with Gasteiger partial charge in [-0.2, -0.15) is 0 Å². The number of nitrogens with one attached hydrogen (secondary N) is 4. The van der Waals surface area contributed by atoms with Gasteiger partial charge in [-0.15, -0.1) is 16.4 Å². The lowest BCUT2D eigenvalue weighted by molar-refractivity contribution is -0.144. The zero-order chi connectivity index (χ0) is 55.6. The van der Waals surface area contributed by atoms with E-state index in [1.807, 2.05) is 58.9 Å². The molecule has 77 heavy (non-hydrogen) atoms. The number of hydrogen-bond donors (Lipinski definition) is 5. The van der Waals surface area contributed by atoms with Crippen LogP contribution in [0.5, 0.6) is 17.2 Å². The Balaban J connectivity index is 0.906. The highest BCUT2D eigenvalue weighted by Crippen LogP contribution is 2.32. The summed E-state index contributed by atoms with van der Waals surface area (Å²) in [6.07, 6.45) is 1.51. The summed E-state index contributed by atoms with van der Waals surface area (Å²) in [5, 5.41) is 30.4. The van der Waals surface area contributed by atoms with Crippen LogP contribution in [0.1, 0.15) is 98.1 Å².